The fourth-order valence-corrected chi connectivity index (χ4v) is 3.70. The van der Waals surface area contributed by atoms with E-state index in [0.29, 0.717) is 36.8 Å². The summed E-state index contributed by atoms with van der Waals surface area (Å²) in [6.45, 7) is 1.18. The molecule has 0 saturated carbocycles. The van der Waals surface area contributed by atoms with Gasteiger partial charge in [0.1, 0.15) is 5.82 Å². The Kier molecular flexibility index (Phi) is 5.31. The maximum absolute atomic E-state index is 12.7. The van der Waals surface area contributed by atoms with Crippen LogP contribution in [0.2, 0.25) is 5.02 Å². The molecular formula is C16H17ClN2O5S. The Morgan fingerprint density at radius 3 is 2.88 bits per heavy atom. The lowest BCUT2D eigenvalue weighted by atomic mass is 10.3. The van der Waals surface area contributed by atoms with Crippen molar-refractivity contribution in [1.82, 2.24) is 4.98 Å². The Hall–Kier alpha value is -2.03. The fourth-order valence-electron chi connectivity index (χ4n) is 2.32. The Morgan fingerprint density at radius 1 is 1.28 bits per heavy atom. The van der Waals surface area contributed by atoms with Gasteiger partial charge in [0.25, 0.3) is 10.0 Å². The number of aromatic nitrogens is 1. The van der Waals surface area contributed by atoms with Gasteiger partial charge in [0.15, 0.2) is 11.5 Å². The highest BCUT2D eigenvalue weighted by Crippen LogP contribution is 2.39. The molecule has 1 aliphatic heterocycles. The molecule has 7 nitrogen and oxygen atoms in total. The van der Waals surface area contributed by atoms with Crippen LogP contribution in [0.5, 0.6) is 11.5 Å². The quantitative estimate of drug-likeness (QED) is 0.852. The highest BCUT2D eigenvalue weighted by atomic mass is 35.5. The summed E-state index contributed by atoms with van der Waals surface area (Å²) in [4.78, 5) is 4.17. The summed E-state index contributed by atoms with van der Waals surface area (Å²) in [5.41, 5.74) is 0.611. The van der Waals surface area contributed by atoms with Crippen molar-refractivity contribution in [3.63, 3.8) is 0 Å². The molecule has 1 aromatic carbocycles. The van der Waals surface area contributed by atoms with E-state index in [-0.39, 0.29) is 22.3 Å². The first-order chi connectivity index (χ1) is 12.0. The molecule has 0 amide bonds. The largest absolute Gasteiger partial charge is 0.489 e. The highest BCUT2D eigenvalue weighted by molar-refractivity contribution is 7.92. The van der Waals surface area contributed by atoms with Crippen LogP contribution >= 0.6 is 11.6 Å². The molecular weight excluding hydrogens is 368 g/mol. The van der Waals surface area contributed by atoms with Crippen molar-refractivity contribution in [2.24, 2.45) is 0 Å². The molecule has 0 atom stereocenters. The number of hydrogen-bond acceptors (Lipinski definition) is 6. The third-order valence-corrected chi connectivity index (χ3v) is 5.04. The van der Waals surface area contributed by atoms with Crippen molar-refractivity contribution in [2.75, 3.05) is 25.0 Å². The van der Waals surface area contributed by atoms with Gasteiger partial charge >= 0.3 is 0 Å². The Labute approximate surface area is 150 Å². The minimum atomic E-state index is -3.89. The molecule has 0 spiro atoms. The predicted octanol–water partition coefficient (Wildman–Crippen LogP) is 2.84. The van der Waals surface area contributed by atoms with Gasteiger partial charge in [0.2, 0.25) is 0 Å². The van der Waals surface area contributed by atoms with Crippen molar-refractivity contribution in [3.8, 4) is 11.5 Å². The Bertz CT molecular complexity index is 873. The van der Waals surface area contributed by atoms with Crippen molar-refractivity contribution in [2.45, 2.75) is 17.9 Å². The summed E-state index contributed by atoms with van der Waals surface area (Å²) in [5, 5.41) is 0.181. The number of hydrogen-bond donors (Lipinski definition) is 1. The number of halogens is 1. The Morgan fingerprint density at radius 2 is 2.08 bits per heavy atom. The second-order valence-electron chi connectivity index (χ2n) is 5.34. The highest BCUT2D eigenvalue weighted by Gasteiger charge is 2.22. The number of rotatable bonds is 5. The van der Waals surface area contributed by atoms with Crippen LogP contribution < -0.4 is 14.2 Å². The van der Waals surface area contributed by atoms with Gasteiger partial charge in [0, 0.05) is 19.6 Å². The molecule has 0 unspecified atom stereocenters. The monoisotopic (exact) mass is 384 g/mol. The van der Waals surface area contributed by atoms with E-state index >= 15 is 0 Å². The van der Waals surface area contributed by atoms with E-state index in [1.54, 1.807) is 18.2 Å². The first-order valence-electron chi connectivity index (χ1n) is 7.56. The van der Waals surface area contributed by atoms with Gasteiger partial charge in [0.05, 0.1) is 35.4 Å². The minimum absolute atomic E-state index is 0.0271. The van der Waals surface area contributed by atoms with Crippen LogP contribution in [0, 0.1) is 0 Å². The van der Waals surface area contributed by atoms with Crippen LogP contribution in [0.15, 0.2) is 35.2 Å². The molecule has 0 radical (unpaired) electrons. The summed E-state index contributed by atoms with van der Waals surface area (Å²) in [6, 6.07) is 7.72. The van der Waals surface area contributed by atoms with Gasteiger partial charge in [-0.2, -0.15) is 0 Å². The van der Waals surface area contributed by atoms with Crippen LogP contribution in [-0.4, -0.2) is 33.7 Å². The topological polar surface area (TPSA) is 86.8 Å². The lowest BCUT2D eigenvalue weighted by Crippen LogP contribution is -2.14. The SMILES string of the molecule is COCc1cccc(NS(=O)(=O)c2cc(Cl)c3c(c2)OCCCO3)n1. The lowest BCUT2D eigenvalue weighted by Gasteiger charge is -2.13. The third kappa shape index (κ3) is 4.15. The van der Waals surface area contributed by atoms with Crippen molar-refractivity contribution in [1.29, 1.82) is 0 Å². The second-order valence-corrected chi connectivity index (χ2v) is 7.43. The average molecular weight is 385 g/mol. The van der Waals surface area contributed by atoms with Gasteiger partial charge in [-0.3, -0.25) is 4.72 Å². The first-order valence-corrected chi connectivity index (χ1v) is 9.42. The molecule has 2 aromatic rings. The molecule has 1 aromatic heterocycles. The third-order valence-electron chi connectivity index (χ3n) is 3.42. The smallest absolute Gasteiger partial charge is 0.263 e. The van der Waals surface area contributed by atoms with Crippen molar-refractivity contribution < 1.29 is 22.6 Å². The zero-order valence-corrected chi connectivity index (χ0v) is 15.1. The molecule has 0 fully saturated rings. The summed E-state index contributed by atoms with van der Waals surface area (Å²) in [5.74, 6) is 0.864. The summed E-state index contributed by atoms with van der Waals surface area (Å²) in [7, 11) is -2.35. The lowest BCUT2D eigenvalue weighted by molar-refractivity contribution is 0.181. The molecule has 0 bridgehead atoms. The Balaban J connectivity index is 1.91. The number of pyridine rings is 1. The van der Waals surface area contributed by atoms with Crippen LogP contribution in [-0.2, 0) is 21.4 Å². The fraction of sp³-hybridized carbons (Fsp3) is 0.312. The normalized spacial score (nSPS) is 14.0. The maximum atomic E-state index is 12.7. The molecule has 0 aliphatic carbocycles. The number of benzene rings is 1. The number of anilines is 1. The van der Waals surface area contributed by atoms with Gasteiger partial charge in [-0.15, -0.1) is 0 Å². The number of nitrogens with one attached hydrogen (secondary N) is 1. The minimum Gasteiger partial charge on any atom is -0.489 e. The van der Waals surface area contributed by atoms with E-state index in [9.17, 15) is 8.42 Å². The summed E-state index contributed by atoms with van der Waals surface area (Å²) >= 11 is 6.17. The van der Waals surface area contributed by atoms with E-state index in [1.807, 2.05) is 0 Å². The molecule has 134 valence electrons. The number of sulfonamides is 1. The van der Waals surface area contributed by atoms with E-state index < -0.39 is 10.0 Å². The molecule has 9 heteroatoms. The number of ether oxygens (including phenoxy) is 3. The predicted molar refractivity (Wildman–Crippen MR) is 92.8 cm³/mol. The zero-order chi connectivity index (χ0) is 17.9. The molecule has 0 saturated heterocycles. The van der Waals surface area contributed by atoms with Crippen LogP contribution in [0.25, 0.3) is 0 Å². The molecule has 3 rings (SSSR count). The number of nitrogens with zero attached hydrogens (tertiary/aromatic N) is 1. The molecule has 1 aliphatic rings. The summed E-state index contributed by atoms with van der Waals surface area (Å²) in [6.07, 6.45) is 0.696. The second kappa shape index (κ2) is 7.47. The van der Waals surface area contributed by atoms with Gasteiger partial charge < -0.3 is 14.2 Å². The van der Waals surface area contributed by atoms with Crippen LogP contribution in [0.1, 0.15) is 12.1 Å². The van der Waals surface area contributed by atoms with E-state index in [2.05, 4.69) is 9.71 Å². The van der Waals surface area contributed by atoms with E-state index in [4.69, 9.17) is 25.8 Å². The average Bonchev–Trinajstić information content (AvgIpc) is 2.81. The number of fused-ring (bicyclic) bond motifs is 1. The van der Waals surface area contributed by atoms with Crippen LogP contribution in [0.4, 0.5) is 5.82 Å². The standard InChI is InChI=1S/C16H17ClN2O5S/c1-22-10-11-4-2-5-15(18-11)19-25(20,21)12-8-13(17)16-14(9-12)23-6-3-7-24-16/h2,4-5,8-9H,3,6-7,10H2,1H3,(H,18,19). The van der Waals surface area contributed by atoms with Crippen LogP contribution in [0.3, 0.4) is 0 Å². The molecule has 25 heavy (non-hydrogen) atoms. The summed E-state index contributed by atoms with van der Waals surface area (Å²) < 4.78 is 43.8. The zero-order valence-electron chi connectivity index (χ0n) is 13.5. The van der Waals surface area contributed by atoms with E-state index in [1.165, 1.54) is 19.2 Å². The van der Waals surface area contributed by atoms with Crippen molar-refractivity contribution >= 4 is 27.4 Å². The van der Waals surface area contributed by atoms with Gasteiger partial charge in [-0.1, -0.05) is 17.7 Å². The first kappa shape index (κ1) is 17.8. The van der Waals surface area contributed by atoms with E-state index in [0.717, 1.165) is 0 Å². The van der Waals surface area contributed by atoms with Crippen molar-refractivity contribution in [3.05, 3.63) is 41.0 Å². The molecule has 2 heterocycles. The maximum Gasteiger partial charge on any atom is 0.263 e. The number of methoxy groups -OCH3 is 1. The van der Waals surface area contributed by atoms with Gasteiger partial charge in [-0.25, -0.2) is 13.4 Å². The van der Waals surface area contributed by atoms with Gasteiger partial charge in [-0.05, 0) is 18.2 Å². The molecule has 1 N–H and O–H groups in total.